The van der Waals surface area contributed by atoms with Crippen LogP contribution in [0.2, 0.25) is 0 Å². The highest BCUT2D eigenvalue weighted by Gasteiger charge is 2.44. The van der Waals surface area contributed by atoms with Crippen LogP contribution in [0.4, 0.5) is 0 Å². The van der Waals surface area contributed by atoms with Gasteiger partial charge in [0.25, 0.3) is 0 Å². The summed E-state index contributed by atoms with van der Waals surface area (Å²) in [5.41, 5.74) is 4.99. The van der Waals surface area contributed by atoms with Gasteiger partial charge in [0.1, 0.15) is 0 Å². The molecule has 0 saturated carbocycles. The first-order chi connectivity index (χ1) is 15.2. The summed E-state index contributed by atoms with van der Waals surface area (Å²) in [5, 5.41) is 3.74. The van der Waals surface area contributed by atoms with Crippen LogP contribution >= 0.6 is 0 Å². The predicted molar refractivity (Wildman–Crippen MR) is 133 cm³/mol. The van der Waals surface area contributed by atoms with Crippen LogP contribution in [0.15, 0.2) is 71.4 Å². The van der Waals surface area contributed by atoms with Crippen molar-refractivity contribution in [1.29, 1.82) is 0 Å². The highest BCUT2D eigenvalue weighted by Crippen LogP contribution is 2.52. The molecule has 0 radical (unpaired) electrons. The molecule has 8 unspecified atom stereocenters. The molecule has 0 bridgehead atoms. The zero-order chi connectivity index (χ0) is 21.4. The van der Waals surface area contributed by atoms with Crippen molar-refractivity contribution >= 4 is 0 Å². The van der Waals surface area contributed by atoms with E-state index < -0.39 is 0 Å². The molecule has 0 aliphatic heterocycles. The fourth-order valence-electron chi connectivity index (χ4n) is 7.52. The predicted octanol–water partition coefficient (Wildman–Crippen LogP) is 7.17. The van der Waals surface area contributed by atoms with E-state index in [1.54, 1.807) is 16.7 Å². The number of rotatable bonds is 4. The molecule has 5 aliphatic rings. The lowest BCUT2D eigenvalue weighted by molar-refractivity contribution is 0.150. The fraction of sp³-hybridized carbons (Fsp3) is 0.600. The molecule has 0 spiro atoms. The van der Waals surface area contributed by atoms with Crippen molar-refractivity contribution in [2.75, 3.05) is 7.05 Å². The molecular weight excluding hydrogens is 374 g/mol. The lowest BCUT2D eigenvalue weighted by Crippen LogP contribution is -2.42. The molecule has 1 N–H and O–H groups in total. The summed E-state index contributed by atoms with van der Waals surface area (Å²) < 4.78 is 0. The van der Waals surface area contributed by atoms with Gasteiger partial charge in [-0.2, -0.15) is 0 Å². The van der Waals surface area contributed by atoms with Gasteiger partial charge in [0.15, 0.2) is 0 Å². The summed E-state index contributed by atoms with van der Waals surface area (Å²) in [4.78, 5) is 0. The fourth-order valence-corrected chi connectivity index (χ4v) is 7.52. The van der Waals surface area contributed by atoms with Crippen LogP contribution in [-0.4, -0.2) is 13.1 Å². The zero-order valence-corrected chi connectivity index (χ0v) is 19.8. The maximum atomic E-state index is 3.74. The van der Waals surface area contributed by atoms with Gasteiger partial charge in [-0.05, 0) is 110 Å². The number of hydrogen-bond acceptors (Lipinski definition) is 1. The molecule has 1 nitrogen and oxygen atoms in total. The lowest BCUT2D eigenvalue weighted by Gasteiger charge is -2.48. The van der Waals surface area contributed by atoms with Crippen LogP contribution in [0.3, 0.4) is 0 Å². The van der Waals surface area contributed by atoms with Crippen molar-refractivity contribution < 1.29 is 0 Å². The van der Waals surface area contributed by atoms with Gasteiger partial charge in [-0.25, -0.2) is 0 Å². The first-order valence-electron chi connectivity index (χ1n) is 13.0. The standard InChI is InChI=1S/C30H41N/c1-20-17-18-22-11-7-8-14-24(22)28(20)29-21(2)19-27(25-15-9-10-16-26(25)29)30(31-3)23-12-5-4-6-13-23/h5,8,10,12,14,16-24,28-31H,4,6-7,9,11,13,15H2,1-3H3. The molecule has 0 heterocycles. The van der Waals surface area contributed by atoms with Crippen molar-refractivity contribution in [3.8, 4) is 0 Å². The Hall–Kier alpha value is -1.60. The number of fused-ring (bicyclic) bond motifs is 1. The van der Waals surface area contributed by atoms with E-state index >= 15 is 0 Å². The van der Waals surface area contributed by atoms with Gasteiger partial charge in [-0.15, -0.1) is 0 Å². The average Bonchev–Trinajstić information content (AvgIpc) is 2.81. The van der Waals surface area contributed by atoms with Crippen molar-refractivity contribution in [1.82, 2.24) is 5.32 Å². The van der Waals surface area contributed by atoms with E-state index in [0.29, 0.717) is 35.6 Å². The van der Waals surface area contributed by atoms with E-state index in [9.17, 15) is 0 Å². The Balaban J connectivity index is 1.53. The van der Waals surface area contributed by atoms with Crippen molar-refractivity contribution in [2.24, 2.45) is 41.4 Å². The molecule has 5 rings (SSSR count). The average molecular weight is 416 g/mol. The Morgan fingerprint density at radius 1 is 0.903 bits per heavy atom. The molecule has 166 valence electrons. The normalized spacial score (nSPS) is 40.4. The Bertz CT molecular complexity index is 850. The summed E-state index contributed by atoms with van der Waals surface area (Å²) in [7, 11) is 2.18. The minimum absolute atomic E-state index is 0.461. The Morgan fingerprint density at radius 3 is 2.58 bits per heavy atom. The van der Waals surface area contributed by atoms with Gasteiger partial charge in [-0.3, -0.25) is 0 Å². The van der Waals surface area contributed by atoms with E-state index in [0.717, 1.165) is 11.8 Å². The van der Waals surface area contributed by atoms with Gasteiger partial charge < -0.3 is 5.32 Å². The van der Waals surface area contributed by atoms with E-state index in [4.69, 9.17) is 0 Å². The first kappa shape index (κ1) is 21.3. The van der Waals surface area contributed by atoms with Gasteiger partial charge in [0.2, 0.25) is 0 Å². The molecule has 0 aromatic carbocycles. The van der Waals surface area contributed by atoms with E-state index in [1.165, 1.54) is 44.9 Å². The Morgan fingerprint density at radius 2 is 1.77 bits per heavy atom. The minimum Gasteiger partial charge on any atom is -0.313 e. The number of nitrogens with one attached hydrogen (secondary N) is 1. The van der Waals surface area contributed by atoms with E-state index in [2.05, 4.69) is 80.9 Å². The second kappa shape index (κ2) is 9.10. The number of allylic oxidation sites excluding steroid dienone is 9. The smallest absolute Gasteiger partial charge is 0.0380 e. The summed E-state index contributed by atoms with van der Waals surface area (Å²) in [6.45, 7) is 4.98. The molecule has 0 amide bonds. The van der Waals surface area contributed by atoms with Crippen LogP contribution in [0.5, 0.6) is 0 Å². The van der Waals surface area contributed by atoms with Crippen molar-refractivity contribution in [2.45, 2.75) is 64.8 Å². The minimum atomic E-state index is 0.461. The molecule has 31 heavy (non-hydrogen) atoms. The molecule has 1 heteroatoms. The third-order valence-electron chi connectivity index (χ3n) is 8.94. The van der Waals surface area contributed by atoms with Crippen LogP contribution < -0.4 is 5.32 Å². The van der Waals surface area contributed by atoms with Crippen molar-refractivity contribution in [3.63, 3.8) is 0 Å². The third-order valence-corrected chi connectivity index (χ3v) is 8.94. The maximum absolute atomic E-state index is 3.74. The van der Waals surface area contributed by atoms with E-state index in [-0.39, 0.29) is 0 Å². The largest absolute Gasteiger partial charge is 0.313 e. The topological polar surface area (TPSA) is 12.0 Å². The Labute approximate surface area is 190 Å². The SMILES string of the molecule is CNC(C1=CC(C)C(C2C(C)C=CC3CCC=CC32)C2=C1CCC=C2)C1C=CCCC1. The second-order valence-corrected chi connectivity index (χ2v) is 10.7. The second-order valence-electron chi connectivity index (χ2n) is 10.7. The molecule has 0 fully saturated rings. The Kier molecular flexibility index (Phi) is 6.24. The molecule has 0 saturated heterocycles. The molecular formula is C30H41N. The van der Waals surface area contributed by atoms with Gasteiger partial charge in [0, 0.05) is 6.04 Å². The zero-order valence-electron chi connectivity index (χ0n) is 19.8. The van der Waals surface area contributed by atoms with Crippen LogP contribution in [0, 0.1) is 41.4 Å². The number of hydrogen-bond donors (Lipinski definition) is 1. The molecule has 5 aliphatic carbocycles. The summed E-state index contributed by atoms with van der Waals surface area (Å²) >= 11 is 0. The number of likely N-dealkylation sites (N-methyl/N-ethyl adjacent to an activating group) is 1. The lowest BCUT2D eigenvalue weighted by atomic mass is 9.57. The first-order valence-corrected chi connectivity index (χ1v) is 13.0. The van der Waals surface area contributed by atoms with Crippen LogP contribution in [0.25, 0.3) is 0 Å². The highest BCUT2D eigenvalue weighted by molar-refractivity contribution is 5.51. The molecule has 0 aromatic heterocycles. The monoisotopic (exact) mass is 415 g/mol. The third kappa shape index (κ3) is 3.88. The van der Waals surface area contributed by atoms with Gasteiger partial charge in [-0.1, -0.05) is 68.5 Å². The maximum Gasteiger partial charge on any atom is 0.0380 e. The molecule has 8 atom stereocenters. The van der Waals surface area contributed by atoms with Gasteiger partial charge in [0.05, 0.1) is 0 Å². The highest BCUT2D eigenvalue weighted by atomic mass is 14.9. The van der Waals surface area contributed by atoms with Crippen LogP contribution in [-0.2, 0) is 0 Å². The molecule has 0 aromatic rings. The summed E-state index contributed by atoms with van der Waals surface area (Å²) in [6, 6.07) is 0.461. The quantitative estimate of drug-likeness (QED) is 0.480. The summed E-state index contributed by atoms with van der Waals surface area (Å²) in [5.74, 6) is 4.70. The van der Waals surface area contributed by atoms with E-state index in [1.807, 2.05) is 0 Å². The summed E-state index contributed by atoms with van der Waals surface area (Å²) in [6.07, 6.45) is 31.6. The van der Waals surface area contributed by atoms with Gasteiger partial charge >= 0.3 is 0 Å². The van der Waals surface area contributed by atoms with Crippen molar-refractivity contribution in [3.05, 3.63) is 71.4 Å². The van der Waals surface area contributed by atoms with Crippen LogP contribution in [0.1, 0.15) is 58.8 Å².